The topological polar surface area (TPSA) is 83.8 Å². The molecule has 3 atom stereocenters. The monoisotopic (exact) mass is 216 g/mol. The minimum atomic E-state index is -1.86. The third kappa shape index (κ3) is 1.42. The second-order valence-electron chi connectivity index (χ2n) is 4.63. The Balaban J connectivity index is 3.21. The summed E-state index contributed by atoms with van der Waals surface area (Å²) in [4.78, 5) is 22.5. The molecule has 0 aliphatic carbocycles. The van der Waals surface area contributed by atoms with Crippen LogP contribution in [0.4, 0.5) is 0 Å². The number of carbonyl (C=O) groups is 2. The van der Waals surface area contributed by atoms with Crippen LogP contribution < -0.4 is 0 Å². The summed E-state index contributed by atoms with van der Waals surface area (Å²) in [5.74, 6) is -2.96. The van der Waals surface area contributed by atoms with Gasteiger partial charge in [0.25, 0.3) is 0 Å². The Morgan fingerprint density at radius 3 is 2.13 bits per heavy atom. The molecule has 1 rings (SSSR count). The molecule has 15 heavy (non-hydrogen) atoms. The highest BCUT2D eigenvalue weighted by molar-refractivity contribution is 5.89. The summed E-state index contributed by atoms with van der Waals surface area (Å²) in [6, 6.07) is 0. The third-order valence-corrected chi connectivity index (χ3v) is 3.20. The smallest absolute Gasteiger partial charge is 0.350 e. The summed E-state index contributed by atoms with van der Waals surface area (Å²) in [5.41, 5.74) is -3.55. The van der Waals surface area contributed by atoms with Crippen LogP contribution in [0.1, 0.15) is 27.7 Å². The van der Waals surface area contributed by atoms with Crippen molar-refractivity contribution in [3.63, 3.8) is 0 Å². The molecule has 0 radical (unpaired) electrons. The summed E-state index contributed by atoms with van der Waals surface area (Å²) < 4.78 is 4.81. The first-order valence-corrected chi connectivity index (χ1v) is 4.83. The molecule has 1 heterocycles. The highest BCUT2D eigenvalue weighted by Crippen LogP contribution is 2.44. The Labute approximate surface area is 88.0 Å². The zero-order valence-corrected chi connectivity index (χ0v) is 9.27. The number of aliphatic carboxylic acids is 1. The first-order valence-electron chi connectivity index (χ1n) is 4.83. The van der Waals surface area contributed by atoms with Crippen LogP contribution in [0.15, 0.2) is 0 Å². The van der Waals surface area contributed by atoms with Crippen molar-refractivity contribution >= 4 is 11.9 Å². The van der Waals surface area contributed by atoms with Gasteiger partial charge in [0.15, 0.2) is 0 Å². The van der Waals surface area contributed by atoms with E-state index in [9.17, 15) is 14.7 Å². The average molecular weight is 216 g/mol. The number of rotatable bonds is 2. The largest absolute Gasteiger partial charge is 0.478 e. The Hall–Kier alpha value is -1.10. The van der Waals surface area contributed by atoms with Gasteiger partial charge in [0.05, 0.1) is 5.92 Å². The van der Waals surface area contributed by atoms with E-state index in [4.69, 9.17) is 9.84 Å². The highest BCUT2D eigenvalue weighted by atomic mass is 16.6. The second kappa shape index (κ2) is 3.20. The fourth-order valence-electron chi connectivity index (χ4n) is 2.08. The maximum atomic E-state index is 11.5. The van der Waals surface area contributed by atoms with Gasteiger partial charge in [0.1, 0.15) is 5.60 Å². The number of carboxylic acid groups (broad SMARTS) is 1. The lowest BCUT2D eigenvalue weighted by Crippen LogP contribution is -2.56. The van der Waals surface area contributed by atoms with E-state index < -0.39 is 29.1 Å². The lowest BCUT2D eigenvalue weighted by atomic mass is 9.74. The van der Waals surface area contributed by atoms with Gasteiger partial charge < -0.3 is 14.9 Å². The minimum Gasteiger partial charge on any atom is -0.478 e. The number of hydrogen-bond acceptors (Lipinski definition) is 4. The molecule has 0 aromatic carbocycles. The Kier molecular flexibility index (Phi) is 2.55. The zero-order chi connectivity index (χ0) is 12.0. The SMILES string of the molecule is CC(C)C1C(=O)OC(C)(C(=O)O)C1(C)O. The first kappa shape index (κ1) is 12.0. The molecule has 5 nitrogen and oxygen atoms in total. The Bertz CT molecular complexity index is 307. The summed E-state index contributed by atoms with van der Waals surface area (Å²) in [5, 5.41) is 19.1. The molecule has 3 unspecified atom stereocenters. The van der Waals surface area contributed by atoms with Gasteiger partial charge in [-0.25, -0.2) is 4.79 Å². The molecule has 0 spiro atoms. The van der Waals surface area contributed by atoms with E-state index >= 15 is 0 Å². The lowest BCUT2D eigenvalue weighted by Gasteiger charge is -2.33. The quantitative estimate of drug-likeness (QED) is 0.653. The number of ether oxygens (including phenoxy) is 1. The van der Waals surface area contributed by atoms with Gasteiger partial charge in [0, 0.05) is 0 Å². The molecule has 1 saturated heterocycles. The van der Waals surface area contributed by atoms with Gasteiger partial charge in [0.2, 0.25) is 5.60 Å². The summed E-state index contributed by atoms with van der Waals surface area (Å²) >= 11 is 0. The number of esters is 1. The summed E-state index contributed by atoms with van der Waals surface area (Å²) in [6.45, 7) is 6.04. The Morgan fingerprint density at radius 2 is 1.93 bits per heavy atom. The molecule has 0 bridgehead atoms. The number of hydrogen-bond donors (Lipinski definition) is 2. The second-order valence-corrected chi connectivity index (χ2v) is 4.63. The maximum Gasteiger partial charge on any atom is 0.350 e. The zero-order valence-electron chi connectivity index (χ0n) is 9.27. The normalized spacial score (nSPS) is 40.7. The van der Waals surface area contributed by atoms with Crippen LogP contribution in [-0.2, 0) is 14.3 Å². The van der Waals surface area contributed by atoms with Crippen LogP contribution in [0.2, 0.25) is 0 Å². The van der Waals surface area contributed by atoms with Gasteiger partial charge in [-0.3, -0.25) is 4.79 Å². The van der Waals surface area contributed by atoms with Crippen LogP contribution in [0, 0.1) is 11.8 Å². The molecular weight excluding hydrogens is 200 g/mol. The van der Waals surface area contributed by atoms with Gasteiger partial charge in [-0.05, 0) is 19.8 Å². The molecule has 0 saturated carbocycles. The highest BCUT2D eigenvalue weighted by Gasteiger charge is 2.66. The molecule has 1 aliphatic rings. The van der Waals surface area contributed by atoms with E-state index in [1.807, 2.05) is 0 Å². The van der Waals surface area contributed by atoms with Crippen LogP contribution in [0.25, 0.3) is 0 Å². The van der Waals surface area contributed by atoms with Crippen molar-refractivity contribution in [2.24, 2.45) is 11.8 Å². The molecule has 0 aromatic rings. The molecule has 1 aliphatic heterocycles. The molecule has 1 fully saturated rings. The molecule has 0 aromatic heterocycles. The van der Waals surface area contributed by atoms with E-state index in [1.165, 1.54) is 13.8 Å². The van der Waals surface area contributed by atoms with E-state index in [1.54, 1.807) is 13.8 Å². The fourth-order valence-corrected chi connectivity index (χ4v) is 2.08. The number of cyclic esters (lactones) is 1. The molecule has 2 N–H and O–H groups in total. The standard InChI is InChI=1S/C10H16O5/c1-5(2)6-7(11)15-10(4,8(12)13)9(6,3)14/h5-6,14H,1-4H3,(H,12,13). The van der Waals surface area contributed by atoms with E-state index in [-0.39, 0.29) is 5.92 Å². The third-order valence-electron chi connectivity index (χ3n) is 3.20. The van der Waals surface area contributed by atoms with Crippen LogP contribution >= 0.6 is 0 Å². The van der Waals surface area contributed by atoms with Gasteiger partial charge in [-0.1, -0.05) is 13.8 Å². The van der Waals surface area contributed by atoms with Crippen molar-refractivity contribution in [3.8, 4) is 0 Å². The van der Waals surface area contributed by atoms with Crippen LogP contribution in [0.3, 0.4) is 0 Å². The van der Waals surface area contributed by atoms with Crippen LogP contribution in [-0.4, -0.2) is 33.4 Å². The van der Waals surface area contributed by atoms with Gasteiger partial charge in [-0.15, -0.1) is 0 Å². The van der Waals surface area contributed by atoms with E-state index in [2.05, 4.69) is 0 Å². The predicted octanol–water partition coefficient (Wildman–Crippen LogP) is 0.410. The van der Waals surface area contributed by atoms with Gasteiger partial charge in [-0.2, -0.15) is 0 Å². The number of carbonyl (C=O) groups excluding carboxylic acids is 1. The van der Waals surface area contributed by atoms with Crippen LogP contribution in [0.5, 0.6) is 0 Å². The summed E-state index contributed by atoms with van der Waals surface area (Å²) in [6.07, 6.45) is 0. The number of carboxylic acids is 1. The van der Waals surface area contributed by atoms with Crippen molar-refractivity contribution in [1.29, 1.82) is 0 Å². The molecule has 0 amide bonds. The average Bonchev–Trinajstić information content (AvgIpc) is 2.18. The first-order chi connectivity index (χ1) is 6.64. The fraction of sp³-hybridized carbons (Fsp3) is 0.800. The number of aliphatic hydroxyl groups is 1. The summed E-state index contributed by atoms with van der Waals surface area (Å²) in [7, 11) is 0. The molecule has 86 valence electrons. The minimum absolute atomic E-state index is 0.173. The lowest BCUT2D eigenvalue weighted by molar-refractivity contribution is -0.182. The van der Waals surface area contributed by atoms with Crippen molar-refractivity contribution < 1.29 is 24.5 Å². The van der Waals surface area contributed by atoms with E-state index in [0.29, 0.717) is 0 Å². The van der Waals surface area contributed by atoms with Crippen molar-refractivity contribution in [2.45, 2.75) is 38.9 Å². The van der Waals surface area contributed by atoms with E-state index in [0.717, 1.165) is 0 Å². The van der Waals surface area contributed by atoms with Crippen molar-refractivity contribution in [2.75, 3.05) is 0 Å². The van der Waals surface area contributed by atoms with Gasteiger partial charge >= 0.3 is 11.9 Å². The Morgan fingerprint density at radius 1 is 1.47 bits per heavy atom. The maximum absolute atomic E-state index is 11.5. The molecular formula is C10H16O5. The predicted molar refractivity (Wildman–Crippen MR) is 51.1 cm³/mol. The molecule has 5 heteroatoms. The van der Waals surface area contributed by atoms with Crippen molar-refractivity contribution in [1.82, 2.24) is 0 Å². The van der Waals surface area contributed by atoms with Crippen molar-refractivity contribution in [3.05, 3.63) is 0 Å².